The molecule has 2 heterocycles. The molecule has 8 heteroatoms. The molecule has 0 amide bonds. The maximum absolute atomic E-state index is 12.4. The highest BCUT2D eigenvalue weighted by atomic mass is 32.2. The van der Waals surface area contributed by atoms with E-state index in [1.165, 1.54) is 41.0 Å². The zero-order valence-electron chi connectivity index (χ0n) is 10.9. The van der Waals surface area contributed by atoms with Gasteiger partial charge in [0.2, 0.25) is 10.0 Å². The van der Waals surface area contributed by atoms with Gasteiger partial charge in [-0.2, -0.15) is 9.57 Å². The molecule has 6 nitrogen and oxygen atoms in total. The number of aromatic nitrogens is 2. The fourth-order valence-corrected chi connectivity index (χ4v) is 3.54. The Balaban J connectivity index is 2.25. The molecule has 0 fully saturated rings. The fraction of sp³-hybridized carbons (Fsp3) is 0.250. The first-order valence-corrected chi connectivity index (χ1v) is 7.98. The first kappa shape index (κ1) is 14.6. The van der Waals surface area contributed by atoms with E-state index < -0.39 is 10.0 Å². The Morgan fingerprint density at radius 2 is 2.15 bits per heavy atom. The van der Waals surface area contributed by atoms with Gasteiger partial charge in [-0.1, -0.05) is 0 Å². The summed E-state index contributed by atoms with van der Waals surface area (Å²) in [5.74, 6) is 0. The van der Waals surface area contributed by atoms with Crippen molar-refractivity contribution in [2.24, 2.45) is 0 Å². The topological polar surface area (TPSA) is 87.0 Å². The van der Waals surface area contributed by atoms with Gasteiger partial charge in [0, 0.05) is 24.7 Å². The van der Waals surface area contributed by atoms with Gasteiger partial charge in [-0.05, 0) is 19.1 Å². The summed E-state index contributed by atoms with van der Waals surface area (Å²) in [6.07, 6.45) is 1.20. The number of thiazole rings is 1. The van der Waals surface area contributed by atoms with Gasteiger partial charge in [-0.3, -0.25) is 0 Å². The van der Waals surface area contributed by atoms with Crippen LogP contribution in [0.25, 0.3) is 0 Å². The summed E-state index contributed by atoms with van der Waals surface area (Å²) in [7, 11) is -2.11. The van der Waals surface area contributed by atoms with Crippen LogP contribution in [-0.2, 0) is 16.6 Å². The van der Waals surface area contributed by atoms with E-state index in [-0.39, 0.29) is 17.1 Å². The van der Waals surface area contributed by atoms with Crippen LogP contribution < -0.4 is 0 Å². The third kappa shape index (κ3) is 2.85. The predicted molar refractivity (Wildman–Crippen MR) is 74.5 cm³/mol. The van der Waals surface area contributed by atoms with Gasteiger partial charge in [0.1, 0.15) is 16.7 Å². The summed E-state index contributed by atoms with van der Waals surface area (Å²) in [6.45, 7) is 2.11. The monoisotopic (exact) mass is 308 g/mol. The average molecular weight is 308 g/mol. The normalized spacial score (nSPS) is 11.5. The van der Waals surface area contributed by atoms with E-state index in [4.69, 9.17) is 5.26 Å². The fourth-order valence-electron chi connectivity index (χ4n) is 1.54. The first-order valence-electron chi connectivity index (χ1n) is 5.66. The van der Waals surface area contributed by atoms with Crippen LogP contribution in [0.1, 0.15) is 16.3 Å². The van der Waals surface area contributed by atoms with E-state index in [2.05, 4.69) is 9.97 Å². The molecule has 0 spiro atoms. The highest BCUT2D eigenvalue weighted by Gasteiger charge is 2.22. The Kier molecular flexibility index (Phi) is 4.13. The smallest absolute Gasteiger partial charge is 0.244 e. The van der Waals surface area contributed by atoms with Crippen molar-refractivity contribution in [1.29, 1.82) is 5.26 Å². The zero-order chi connectivity index (χ0) is 14.8. The molecule has 2 rings (SSSR count). The Morgan fingerprint density at radius 1 is 1.40 bits per heavy atom. The highest BCUT2D eigenvalue weighted by molar-refractivity contribution is 7.89. The third-order valence-electron chi connectivity index (χ3n) is 2.77. The number of hydrogen-bond donors (Lipinski definition) is 0. The molecule has 2 aromatic rings. The number of aryl methyl sites for hydroxylation is 1. The van der Waals surface area contributed by atoms with Crippen LogP contribution in [-0.4, -0.2) is 29.7 Å². The first-order chi connectivity index (χ1) is 9.45. The third-order valence-corrected chi connectivity index (χ3v) is 5.48. The summed E-state index contributed by atoms with van der Waals surface area (Å²) in [5, 5.41) is 8.66. The molecule has 2 aromatic heterocycles. The maximum atomic E-state index is 12.4. The molecule has 0 unspecified atom stereocenters. The van der Waals surface area contributed by atoms with Crippen molar-refractivity contribution >= 4 is 21.4 Å². The molecular formula is C12H12N4O2S2. The Morgan fingerprint density at radius 3 is 2.65 bits per heavy atom. The summed E-state index contributed by atoms with van der Waals surface area (Å²) in [6, 6.07) is 4.63. The second kappa shape index (κ2) is 5.66. The second-order valence-corrected chi connectivity index (χ2v) is 7.10. The number of pyridine rings is 1. The van der Waals surface area contributed by atoms with Crippen molar-refractivity contribution in [2.75, 3.05) is 7.05 Å². The molecule has 0 radical (unpaired) electrons. The molecule has 0 aliphatic carbocycles. The zero-order valence-corrected chi connectivity index (χ0v) is 12.6. The van der Waals surface area contributed by atoms with E-state index >= 15 is 0 Å². The standard InChI is InChI=1S/C12H12N4O2S2/c1-9-12(19-8-15-9)7-16(2)20(17,18)11-4-3-10(5-13)14-6-11/h3-4,6,8H,7H2,1-2H3. The molecule has 20 heavy (non-hydrogen) atoms. The van der Waals surface area contributed by atoms with Crippen molar-refractivity contribution < 1.29 is 8.42 Å². The van der Waals surface area contributed by atoms with Crippen LogP contribution in [0.2, 0.25) is 0 Å². The summed E-state index contributed by atoms with van der Waals surface area (Å²) < 4.78 is 26.0. The van der Waals surface area contributed by atoms with Gasteiger partial charge < -0.3 is 0 Å². The average Bonchev–Trinajstić information content (AvgIpc) is 2.84. The van der Waals surface area contributed by atoms with Gasteiger partial charge in [-0.25, -0.2) is 18.4 Å². The van der Waals surface area contributed by atoms with E-state index in [9.17, 15) is 8.42 Å². The van der Waals surface area contributed by atoms with Crippen LogP contribution in [0.3, 0.4) is 0 Å². The summed E-state index contributed by atoms with van der Waals surface area (Å²) in [5.41, 5.74) is 2.70. The number of nitrogens with zero attached hydrogens (tertiary/aromatic N) is 4. The highest BCUT2D eigenvalue weighted by Crippen LogP contribution is 2.19. The lowest BCUT2D eigenvalue weighted by Crippen LogP contribution is -2.26. The van der Waals surface area contributed by atoms with Crippen molar-refractivity contribution in [1.82, 2.24) is 14.3 Å². The molecule has 0 aliphatic heterocycles. The minimum absolute atomic E-state index is 0.0705. The molecule has 0 bridgehead atoms. The van der Waals surface area contributed by atoms with Gasteiger partial charge >= 0.3 is 0 Å². The molecule has 0 saturated carbocycles. The van der Waals surface area contributed by atoms with E-state index in [0.29, 0.717) is 0 Å². The van der Waals surface area contributed by atoms with E-state index in [0.717, 1.165) is 10.6 Å². The van der Waals surface area contributed by atoms with Gasteiger partial charge in [0.25, 0.3) is 0 Å². The largest absolute Gasteiger partial charge is 0.250 e. The van der Waals surface area contributed by atoms with Crippen molar-refractivity contribution in [3.8, 4) is 6.07 Å². The summed E-state index contributed by atoms with van der Waals surface area (Å²) in [4.78, 5) is 8.85. The van der Waals surface area contributed by atoms with Crippen LogP contribution >= 0.6 is 11.3 Å². The summed E-state index contributed by atoms with van der Waals surface area (Å²) >= 11 is 1.42. The van der Waals surface area contributed by atoms with Crippen LogP contribution in [0.4, 0.5) is 0 Å². The molecule has 0 atom stereocenters. The van der Waals surface area contributed by atoms with E-state index in [1.54, 1.807) is 5.51 Å². The maximum Gasteiger partial charge on any atom is 0.244 e. The van der Waals surface area contributed by atoms with Crippen molar-refractivity contribution in [3.05, 3.63) is 40.1 Å². The van der Waals surface area contributed by atoms with Gasteiger partial charge in [-0.15, -0.1) is 11.3 Å². The molecule has 0 aromatic carbocycles. The molecule has 0 N–H and O–H groups in total. The molecule has 0 saturated heterocycles. The lowest BCUT2D eigenvalue weighted by atomic mass is 10.4. The van der Waals surface area contributed by atoms with Gasteiger partial charge in [0.15, 0.2) is 0 Å². The van der Waals surface area contributed by atoms with Crippen LogP contribution in [0.5, 0.6) is 0 Å². The quantitative estimate of drug-likeness (QED) is 0.855. The lowest BCUT2D eigenvalue weighted by Gasteiger charge is -2.16. The minimum Gasteiger partial charge on any atom is -0.250 e. The molecular weight excluding hydrogens is 296 g/mol. The van der Waals surface area contributed by atoms with Crippen LogP contribution in [0, 0.1) is 18.3 Å². The Hall–Kier alpha value is -1.82. The van der Waals surface area contributed by atoms with Crippen LogP contribution in [0.15, 0.2) is 28.7 Å². The molecule has 104 valence electrons. The van der Waals surface area contributed by atoms with Crippen molar-refractivity contribution in [2.45, 2.75) is 18.4 Å². The number of hydrogen-bond acceptors (Lipinski definition) is 6. The Labute approximate surface area is 121 Å². The SMILES string of the molecule is Cc1ncsc1CN(C)S(=O)(=O)c1ccc(C#N)nc1. The second-order valence-electron chi connectivity index (χ2n) is 4.11. The van der Waals surface area contributed by atoms with E-state index in [1.807, 2.05) is 13.0 Å². The predicted octanol–water partition coefficient (Wildman–Crippen LogP) is 1.54. The molecule has 0 aliphatic rings. The lowest BCUT2D eigenvalue weighted by molar-refractivity contribution is 0.468. The number of rotatable bonds is 4. The van der Waals surface area contributed by atoms with Gasteiger partial charge in [0.05, 0.1) is 11.2 Å². The number of sulfonamides is 1. The number of nitriles is 1. The van der Waals surface area contributed by atoms with Crippen molar-refractivity contribution in [3.63, 3.8) is 0 Å². The Bertz CT molecular complexity index is 745. The minimum atomic E-state index is -3.62.